The van der Waals surface area contributed by atoms with Crippen molar-refractivity contribution in [1.82, 2.24) is 0 Å². The molecule has 96 heavy (non-hydrogen) atoms. The highest BCUT2D eigenvalue weighted by Gasteiger charge is 2.74. The van der Waals surface area contributed by atoms with Crippen molar-refractivity contribution in [1.29, 1.82) is 0 Å². The molecule has 0 heterocycles. The highest BCUT2D eigenvalue weighted by atomic mass is 33.5. The highest BCUT2D eigenvalue weighted by molar-refractivity contribution is 8.77. The molecule has 8 saturated carbocycles. The number of hydrogen-bond donors (Lipinski definition) is 4. The minimum absolute atomic E-state index is 0.00514. The van der Waals surface area contributed by atoms with E-state index in [-0.39, 0.29) is 67.4 Å². The van der Waals surface area contributed by atoms with E-state index in [0.29, 0.717) is 41.4 Å². The number of carbonyl (C=O) groups is 2. The average molecular weight is 1820 g/mol. The van der Waals surface area contributed by atoms with Crippen LogP contribution in [0.2, 0.25) is 0 Å². The van der Waals surface area contributed by atoms with Crippen molar-refractivity contribution in [3.05, 3.63) is 23.3 Å². The zero-order chi connectivity index (χ0) is 71.2. The maximum atomic E-state index is 13.1. The Bertz CT molecular complexity index is 4070. The second-order valence-corrected chi connectivity index (χ2v) is 73.2. The van der Waals surface area contributed by atoms with Crippen molar-refractivity contribution in [2.45, 2.75) is 238 Å². The Hall–Kier alpha value is 4.24. The van der Waals surface area contributed by atoms with Gasteiger partial charge in [-0.25, -0.2) is 0 Å². The number of methoxy groups -OCH3 is 1. The van der Waals surface area contributed by atoms with Gasteiger partial charge in [-0.15, -0.1) is 0 Å². The minimum atomic E-state index is -1.04. The largest absolute Gasteiger partial charge is 0.481 e. The summed E-state index contributed by atoms with van der Waals surface area (Å²) < 4.78 is 6.20. The topological polar surface area (TPSA) is 124 Å². The molecule has 0 spiro atoms. The van der Waals surface area contributed by atoms with E-state index in [1.165, 1.54) is 72.4 Å². The van der Waals surface area contributed by atoms with Crippen molar-refractivity contribution in [3.8, 4) is 0 Å². The molecule has 0 saturated heterocycles. The molecule has 4 N–H and O–H groups in total. The molecule has 552 valence electrons. The van der Waals surface area contributed by atoms with E-state index in [0.717, 1.165) is 88.9 Å². The van der Waals surface area contributed by atoms with Crippen molar-refractivity contribution in [3.63, 3.8) is 0 Å². The lowest BCUT2D eigenvalue weighted by molar-refractivity contribution is -0.218. The van der Waals surface area contributed by atoms with Crippen LogP contribution in [-0.2, 0) is 263 Å². The number of carboxylic acids is 2. The number of fused-ring (bicyclic) bond motifs is 14. The quantitative estimate of drug-likeness (QED) is 0.202. The summed E-state index contributed by atoms with van der Waals surface area (Å²) in [5.41, 5.74) is 2.09. The Labute approximate surface area is 660 Å². The van der Waals surface area contributed by atoms with Gasteiger partial charge in [0.05, 0.1) is 18.3 Å². The van der Waals surface area contributed by atoms with Gasteiger partial charge < -0.3 is 25.2 Å². The maximum Gasteiger partial charge on any atom is 0.312 e. The molecule has 7 nitrogen and oxygen atoms in total. The van der Waals surface area contributed by atoms with Crippen LogP contribution in [0.1, 0.15) is 219 Å². The Balaban J connectivity index is 0.000000198. The lowest BCUT2D eigenvalue weighted by Crippen LogP contribution is -2.67. The summed E-state index contributed by atoms with van der Waals surface area (Å²) in [6.07, 6.45) is 21.6. The summed E-state index contributed by atoms with van der Waals surface area (Å²) in [4.78, 5) is 25.9. The van der Waals surface area contributed by atoms with Crippen LogP contribution in [0.5, 0.6) is 0 Å². The van der Waals surface area contributed by atoms with Gasteiger partial charge in [-0.05, 0) is 211 Å². The summed E-state index contributed by atoms with van der Waals surface area (Å²) >= 11 is 18.8. The molecule has 0 aromatic heterocycles. The number of aliphatic hydroxyl groups is 2. The normalized spacial score (nSPS) is 40.0. The van der Waals surface area contributed by atoms with Gasteiger partial charge in [0.1, 0.15) is 10.8 Å². The lowest BCUT2D eigenvalue weighted by Gasteiger charge is -2.72. The van der Waals surface area contributed by atoms with Crippen LogP contribution < -0.4 is 0 Å². The first kappa shape index (κ1) is 87.5. The maximum absolute atomic E-state index is 13.1. The number of ether oxygens (including phenoxy) is 1. The summed E-state index contributed by atoms with van der Waals surface area (Å²) in [5.74, 6) is 1.75. The van der Waals surface area contributed by atoms with E-state index < -0.39 is 28.9 Å². The van der Waals surface area contributed by atoms with Crippen LogP contribution in [-0.4, -0.2) is 57.8 Å². The van der Waals surface area contributed by atoms with E-state index >= 15 is 0 Å². The van der Waals surface area contributed by atoms with Gasteiger partial charge in [-0.3, -0.25) is 9.59 Å². The summed E-state index contributed by atoms with van der Waals surface area (Å²) in [7, 11) is 39.8. The monoisotopic (exact) mass is 1820 g/mol. The van der Waals surface area contributed by atoms with Gasteiger partial charge in [0, 0.05) is 256 Å². The molecule has 0 aliphatic heterocycles. The zero-order valence-electron chi connectivity index (χ0n) is 57.7. The molecule has 18 atom stereocenters. The van der Waals surface area contributed by atoms with Crippen LogP contribution in [0.3, 0.4) is 0 Å². The molecular weight excluding hydrogens is 1720 g/mol. The first-order valence-corrected chi connectivity index (χ1v) is 65.9. The third kappa shape index (κ3) is 17.7. The Kier molecular flexibility index (Phi) is 33.2. The van der Waals surface area contributed by atoms with E-state index in [4.69, 9.17) is 49.5 Å². The van der Waals surface area contributed by atoms with E-state index in [2.05, 4.69) is 116 Å². The molecule has 8 unspecified atom stereocenters. The van der Waals surface area contributed by atoms with Gasteiger partial charge in [0.15, 0.2) is 0 Å². The standard InChI is InChI=1S/C32H52O3.C30H48O4.S14.S13/c1-20-12-14-29(6)23(28(20,4)5)13-15-30(7)24(29)11-10-21-22-18-27(2,3)16-17-32(22,26(33)34)25(35-9)19-31(21,30)8;1-25(2)14-15-30(24(33)34)19(16-25)18-8-9-21-27(5)12-11-22(31)26(3,4)20(27)10-13-28(21,6)29(18,7)17-23(30)32;1-3-5-7-9-11-13-14-12-10-8-6-4-2;1-3-5-7-9-11-13-12-10-8-6-4-2/h10,20,22-25H,11-19H2,1-9H3,(H,33,34);8,19-23,31-32H,9-17H2,1-7H3,(H,33,34);;/t20-,22?,23-,24?,25-,29?,30-,31+,32?;19?,20-,21?,22-,23-,27?,28-,29+,30?;;/m00../s1. The first-order valence-electron chi connectivity index (χ1n) is 32.6. The fourth-order valence-electron chi connectivity index (χ4n) is 22.1. The van der Waals surface area contributed by atoms with Gasteiger partial charge in [-0.1, -0.05) is 127 Å². The number of rotatable bonds is 3. The Morgan fingerprint density at radius 1 is 0.417 bits per heavy atom. The van der Waals surface area contributed by atoms with Crippen molar-refractivity contribution in [2.75, 3.05) is 7.11 Å². The molecule has 0 bridgehead atoms. The van der Waals surface area contributed by atoms with E-state index in [1.807, 2.05) is 0 Å². The fourth-order valence-corrected chi connectivity index (χ4v) is 74.2. The van der Waals surface area contributed by atoms with Crippen molar-refractivity contribution in [2.24, 2.45) is 106 Å². The molecule has 10 aliphatic carbocycles. The summed E-state index contributed by atoms with van der Waals surface area (Å²) in [6, 6.07) is 0. The van der Waals surface area contributed by atoms with Gasteiger partial charge in [0.2, 0.25) is 0 Å². The van der Waals surface area contributed by atoms with Crippen LogP contribution in [0.4, 0.5) is 0 Å². The molecular formula is C62H100O7S27. The van der Waals surface area contributed by atoms with E-state index in [1.54, 1.807) is 176 Å². The van der Waals surface area contributed by atoms with Crippen LogP contribution in [0, 0.1) is 106 Å². The molecule has 0 amide bonds. The smallest absolute Gasteiger partial charge is 0.312 e. The van der Waals surface area contributed by atoms with Gasteiger partial charge in [0.25, 0.3) is 0 Å². The Morgan fingerprint density at radius 3 is 1.14 bits per heavy atom. The fraction of sp³-hybridized carbons (Fsp3) is 0.903. The van der Waals surface area contributed by atoms with Crippen molar-refractivity contribution < 1.29 is 34.8 Å². The number of allylic oxidation sites excluding steroid dienone is 4. The predicted octanol–water partition coefficient (Wildman–Crippen LogP) is 14.3. The lowest BCUT2D eigenvalue weighted by atomic mass is 9.33. The molecule has 0 radical (unpaired) electrons. The summed E-state index contributed by atoms with van der Waals surface area (Å²) in [5, 5.41) is 43.8. The predicted molar refractivity (Wildman–Crippen MR) is 475 cm³/mol. The van der Waals surface area contributed by atoms with Crippen LogP contribution in [0.25, 0.3) is 0 Å². The highest BCUT2D eigenvalue weighted by Crippen LogP contribution is 2.78. The average Bonchev–Trinajstić information content (AvgIpc) is 0.680. The van der Waals surface area contributed by atoms with E-state index in [9.17, 15) is 30.0 Å². The number of hydrogen-bond acceptors (Lipinski definition) is 9. The first-order chi connectivity index (χ1) is 45.0. The van der Waals surface area contributed by atoms with Gasteiger partial charge >= 0.3 is 11.9 Å². The number of carboxylic acid groups (broad SMARTS) is 2. The molecule has 0 aromatic carbocycles. The SMILES string of the molecule is CC1(C)CCC2(C(=O)O)C(C1)C1=CCC3C4(C)CC[C@H](O)C(C)(C)[C@@H]4CC[C@]3(C)[C@]1(C)C[C@@H]2O.CO[C@H]1C[C@]2(C)C(=CCC3C4(C)CC[C@H](C)C(C)(C)[C@@H]4CC[C@@]32C)C2CC(C)(C)CCC21C(=O)O.S=S=S=S=S=S=S=S=S=S=S=S=S.S=S=S=S=S=S=S=S=S=S=S=S=S=S. The Morgan fingerprint density at radius 2 is 0.760 bits per heavy atom. The second-order valence-electron chi connectivity index (χ2n) is 32.5. The molecule has 10 aliphatic rings. The molecule has 0 aromatic rings. The van der Waals surface area contributed by atoms with Crippen LogP contribution >= 0.6 is 0 Å². The number of aliphatic carboxylic acids is 2. The molecule has 10 rings (SSSR count). The third-order valence-corrected chi connectivity index (χ3v) is 74.2. The molecule has 8 fully saturated rings. The summed E-state index contributed by atoms with van der Waals surface area (Å²) in [6.45, 7) is 36.4. The molecule has 34 heteroatoms. The number of aliphatic hydroxyl groups excluding tert-OH is 2. The van der Waals surface area contributed by atoms with Gasteiger partial charge in [-0.2, -0.15) is 0 Å². The minimum Gasteiger partial charge on any atom is -0.481 e. The third-order valence-electron chi connectivity index (χ3n) is 27.5. The van der Waals surface area contributed by atoms with Crippen LogP contribution in [0.15, 0.2) is 23.3 Å². The van der Waals surface area contributed by atoms with Crippen molar-refractivity contribution >= 4 is 261 Å². The second kappa shape index (κ2) is 36.4. The zero-order valence-corrected chi connectivity index (χ0v) is 79.7.